The molecule has 2 amide bonds. The van der Waals surface area contributed by atoms with Gasteiger partial charge in [-0.1, -0.05) is 0 Å². The molecule has 1 saturated heterocycles. The zero-order valence-electron chi connectivity index (χ0n) is 15.6. The Bertz CT molecular complexity index is 725. The average molecular weight is 386 g/mol. The first-order valence-corrected chi connectivity index (χ1v) is 10.1. The summed E-state index contributed by atoms with van der Waals surface area (Å²) in [5, 5.41) is 2.82. The Hall–Kier alpha value is -2.16. The fourth-order valence-electron chi connectivity index (χ4n) is 2.96. The highest BCUT2D eigenvalue weighted by molar-refractivity contribution is 7.91. The third-order valence-electron chi connectivity index (χ3n) is 4.49. The molecule has 1 aliphatic rings. The van der Waals surface area contributed by atoms with Crippen molar-refractivity contribution < 1.29 is 27.4 Å². The summed E-state index contributed by atoms with van der Waals surface area (Å²) in [6.45, 7) is 0.404. The van der Waals surface area contributed by atoms with Gasteiger partial charge in [0, 0.05) is 19.6 Å². The molecule has 1 heterocycles. The lowest BCUT2D eigenvalue weighted by Crippen LogP contribution is -2.44. The van der Waals surface area contributed by atoms with Crippen LogP contribution in [0.5, 0.6) is 17.2 Å². The Morgan fingerprint density at radius 2 is 1.81 bits per heavy atom. The van der Waals surface area contributed by atoms with Crippen LogP contribution in [0.2, 0.25) is 0 Å². The van der Waals surface area contributed by atoms with Gasteiger partial charge < -0.3 is 24.4 Å². The number of hydrogen-bond donors (Lipinski definition) is 1. The SMILES string of the molecule is COc1cc(CCNC(=O)N(C)C2CCS(=O)(=O)C2)cc(OC)c1OC. The summed E-state index contributed by atoms with van der Waals surface area (Å²) < 4.78 is 39.0. The second kappa shape index (κ2) is 8.48. The lowest BCUT2D eigenvalue weighted by molar-refractivity contribution is 0.195. The molecule has 0 aromatic heterocycles. The maximum atomic E-state index is 12.2. The van der Waals surface area contributed by atoms with Crippen LogP contribution in [0.15, 0.2) is 12.1 Å². The molecule has 146 valence electrons. The van der Waals surface area contributed by atoms with E-state index in [1.54, 1.807) is 28.4 Å². The first-order chi connectivity index (χ1) is 12.3. The fourth-order valence-corrected chi connectivity index (χ4v) is 4.74. The minimum Gasteiger partial charge on any atom is -0.493 e. The molecule has 0 bridgehead atoms. The number of ether oxygens (including phenoxy) is 3. The van der Waals surface area contributed by atoms with Crippen molar-refractivity contribution >= 4 is 15.9 Å². The standard InChI is InChI=1S/C17H26N2O6S/c1-19(13-6-8-26(21,22)11-13)17(20)18-7-5-12-9-14(23-2)16(25-4)15(10-12)24-3/h9-10,13H,5-8,11H2,1-4H3,(H,18,20). The summed E-state index contributed by atoms with van der Waals surface area (Å²) in [6, 6.07) is 3.13. The quantitative estimate of drug-likeness (QED) is 0.754. The summed E-state index contributed by atoms with van der Waals surface area (Å²) in [7, 11) is 3.24. The number of carbonyl (C=O) groups is 1. The number of nitrogens with zero attached hydrogens (tertiary/aromatic N) is 1. The van der Waals surface area contributed by atoms with E-state index in [0.717, 1.165) is 5.56 Å². The molecule has 26 heavy (non-hydrogen) atoms. The molecule has 0 saturated carbocycles. The van der Waals surface area contributed by atoms with Crippen LogP contribution in [0.3, 0.4) is 0 Å². The van der Waals surface area contributed by atoms with Crippen LogP contribution in [-0.2, 0) is 16.3 Å². The molecule has 1 aromatic carbocycles. The Morgan fingerprint density at radius 1 is 1.19 bits per heavy atom. The minimum atomic E-state index is -3.02. The van der Waals surface area contributed by atoms with Crippen molar-refractivity contribution in [1.82, 2.24) is 10.2 Å². The predicted octanol–water partition coefficient (Wildman–Crippen LogP) is 1.08. The summed E-state index contributed by atoms with van der Waals surface area (Å²) in [5.74, 6) is 1.80. The molecule has 1 atom stereocenters. The van der Waals surface area contributed by atoms with Crippen molar-refractivity contribution in [3.05, 3.63) is 17.7 Å². The molecule has 8 nitrogen and oxygen atoms in total. The molecular formula is C17H26N2O6S. The van der Waals surface area contributed by atoms with Gasteiger partial charge in [0.1, 0.15) is 0 Å². The highest BCUT2D eigenvalue weighted by atomic mass is 32.2. The molecule has 9 heteroatoms. The van der Waals surface area contributed by atoms with E-state index < -0.39 is 9.84 Å². The van der Waals surface area contributed by atoms with E-state index in [1.165, 1.54) is 4.90 Å². The van der Waals surface area contributed by atoms with Crippen LogP contribution in [0.25, 0.3) is 0 Å². The van der Waals surface area contributed by atoms with Crippen LogP contribution in [0.4, 0.5) is 4.79 Å². The first-order valence-electron chi connectivity index (χ1n) is 8.31. The molecule has 1 N–H and O–H groups in total. The van der Waals surface area contributed by atoms with Gasteiger partial charge in [-0.3, -0.25) is 0 Å². The van der Waals surface area contributed by atoms with Gasteiger partial charge in [-0.2, -0.15) is 0 Å². The van der Waals surface area contributed by atoms with Gasteiger partial charge in [-0.05, 0) is 30.5 Å². The van der Waals surface area contributed by atoms with Gasteiger partial charge >= 0.3 is 6.03 Å². The van der Waals surface area contributed by atoms with E-state index in [1.807, 2.05) is 12.1 Å². The van der Waals surface area contributed by atoms with Crippen molar-refractivity contribution in [2.24, 2.45) is 0 Å². The number of hydrogen-bond acceptors (Lipinski definition) is 6. The Labute approximate surface area is 154 Å². The minimum absolute atomic E-state index is 0.0315. The molecule has 1 aliphatic heterocycles. The van der Waals surface area contributed by atoms with E-state index in [0.29, 0.717) is 36.6 Å². The van der Waals surface area contributed by atoms with E-state index >= 15 is 0 Å². The van der Waals surface area contributed by atoms with Crippen molar-refractivity contribution in [3.8, 4) is 17.2 Å². The van der Waals surface area contributed by atoms with Crippen molar-refractivity contribution in [2.75, 3.05) is 46.4 Å². The second-order valence-corrected chi connectivity index (χ2v) is 8.41. The van der Waals surface area contributed by atoms with Crippen LogP contribution in [0, 0.1) is 0 Å². The largest absolute Gasteiger partial charge is 0.493 e. The fraction of sp³-hybridized carbons (Fsp3) is 0.588. The first kappa shape index (κ1) is 20.2. The predicted molar refractivity (Wildman–Crippen MR) is 98.0 cm³/mol. The van der Waals surface area contributed by atoms with Gasteiger partial charge in [0.15, 0.2) is 21.3 Å². The zero-order valence-corrected chi connectivity index (χ0v) is 16.4. The van der Waals surface area contributed by atoms with Gasteiger partial charge in [0.05, 0.1) is 32.8 Å². The molecule has 1 unspecified atom stereocenters. The second-order valence-electron chi connectivity index (χ2n) is 6.18. The molecule has 2 rings (SSSR count). The van der Waals surface area contributed by atoms with Crippen LogP contribution in [0.1, 0.15) is 12.0 Å². The number of sulfone groups is 1. The monoisotopic (exact) mass is 386 g/mol. The highest BCUT2D eigenvalue weighted by Crippen LogP contribution is 2.38. The molecule has 0 spiro atoms. The Balaban J connectivity index is 1.94. The lowest BCUT2D eigenvalue weighted by atomic mass is 10.1. The highest BCUT2D eigenvalue weighted by Gasteiger charge is 2.32. The Morgan fingerprint density at radius 3 is 2.27 bits per heavy atom. The van der Waals surface area contributed by atoms with E-state index in [2.05, 4.69) is 5.32 Å². The molecule has 1 fully saturated rings. The topological polar surface area (TPSA) is 94.2 Å². The Kier molecular flexibility index (Phi) is 6.57. The van der Waals surface area contributed by atoms with Gasteiger partial charge in [0.25, 0.3) is 0 Å². The third kappa shape index (κ3) is 4.72. The molecule has 0 aliphatic carbocycles. The van der Waals surface area contributed by atoms with Crippen LogP contribution < -0.4 is 19.5 Å². The van der Waals surface area contributed by atoms with E-state index in [-0.39, 0.29) is 23.6 Å². The van der Waals surface area contributed by atoms with Gasteiger partial charge in [-0.25, -0.2) is 13.2 Å². The lowest BCUT2D eigenvalue weighted by Gasteiger charge is -2.23. The maximum Gasteiger partial charge on any atom is 0.317 e. The van der Waals surface area contributed by atoms with Crippen molar-refractivity contribution in [2.45, 2.75) is 18.9 Å². The third-order valence-corrected chi connectivity index (χ3v) is 6.24. The number of methoxy groups -OCH3 is 3. The van der Waals surface area contributed by atoms with Crippen molar-refractivity contribution in [1.29, 1.82) is 0 Å². The van der Waals surface area contributed by atoms with Crippen molar-refractivity contribution in [3.63, 3.8) is 0 Å². The van der Waals surface area contributed by atoms with Crippen LogP contribution in [-0.4, -0.2) is 71.8 Å². The van der Waals surface area contributed by atoms with Gasteiger partial charge in [0.2, 0.25) is 5.75 Å². The number of urea groups is 1. The maximum absolute atomic E-state index is 12.2. The zero-order chi connectivity index (χ0) is 19.3. The molecule has 0 radical (unpaired) electrons. The summed E-state index contributed by atoms with van der Waals surface area (Å²) >= 11 is 0. The number of nitrogens with one attached hydrogen (secondary N) is 1. The normalized spacial score (nSPS) is 18.2. The number of amides is 2. The summed E-state index contributed by atoms with van der Waals surface area (Å²) in [6.07, 6.45) is 1.05. The summed E-state index contributed by atoms with van der Waals surface area (Å²) in [4.78, 5) is 13.7. The van der Waals surface area contributed by atoms with E-state index in [4.69, 9.17) is 14.2 Å². The molecule has 1 aromatic rings. The van der Waals surface area contributed by atoms with E-state index in [9.17, 15) is 13.2 Å². The summed E-state index contributed by atoms with van der Waals surface area (Å²) in [5.41, 5.74) is 0.922. The average Bonchev–Trinajstić information content (AvgIpc) is 2.99. The smallest absolute Gasteiger partial charge is 0.317 e. The number of rotatable bonds is 7. The number of benzene rings is 1. The molecular weight excluding hydrogens is 360 g/mol. The van der Waals surface area contributed by atoms with Crippen LogP contribution >= 0.6 is 0 Å². The van der Waals surface area contributed by atoms with Gasteiger partial charge in [-0.15, -0.1) is 0 Å². The number of carbonyl (C=O) groups excluding carboxylic acids is 1.